The van der Waals surface area contributed by atoms with Crippen molar-refractivity contribution >= 4 is 28.3 Å². The van der Waals surface area contributed by atoms with Crippen LogP contribution in [0.5, 0.6) is 0 Å². The van der Waals surface area contributed by atoms with Crippen LogP contribution < -0.4 is 11.2 Å². The fourth-order valence-corrected chi connectivity index (χ4v) is 3.40. The highest BCUT2D eigenvalue weighted by molar-refractivity contribution is 7.13. The minimum absolute atomic E-state index is 0.0828. The Bertz CT molecular complexity index is 1050. The van der Waals surface area contributed by atoms with E-state index >= 15 is 0 Å². The minimum atomic E-state index is -0.633. The van der Waals surface area contributed by atoms with Crippen LogP contribution in [0.1, 0.15) is 37.0 Å². The summed E-state index contributed by atoms with van der Waals surface area (Å²) in [7, 11) is 0. The number of aromatic nitrogens is 3. The molecule has 0 radical (unpaired) electrons. The Hall–Kier alpha value is -2.74. The Labute approximate surface area is 153 Å². The zero-order chi connectivity index (χ0) is 18.7. The lowest BCUT2D eigenvalue weighted by atomic mass is 10.1. The van der Waals surface area contributed by atoms with Gasteiger partial charge in [-0.25, -0.2) is 14.6 Å². The van der Waals surface area contributed by atoms with Gasteiger partial charge in [0.15, 0.2) is 5.65 Å². The summed E-state index contributed by atoms with van der Waals surface area (Å²) in [6.07, 6.45) is 1.63. The molecule has 0 atom stereocenters. The normalized spacial score (nSPS) is 11.0. The van der Waals surface area contributed by atoms with E-state index in [-0.39, 0.29) is 23.2 Å². The van der Waals surface area contributed by atoms with E-state index in [1.54, 1.807) is 13.0 Å². The largest absolute Gasteiger partial charge is 0.462 e. The van der Waals surface area contributed by atoms with Crippen molar-refractivity contribution in [1.82, 2.24) is 14.5 Å². The second-order valence-electron chi connectivity index (χ2n) is 5.72. The molecule has 0 aliphatic carbocycles. The number of thiophene rings is 1. The van der Waals surface area contributed by atoms with E-state index < -0.39 is 17.2 Å². The summed E-state index contributed by atoms with van der Waals surface area (Å²) in [5.41, 5.74) is -0.300. The lowest BCUT2D eigenvalue weighted by Crippen LogP contribution is -2.32. The second kappa shape index (κ2) is 7.65. The average molecular weight is 373 g/mol. The molecule has 3 heterocycles. The van der Waals surface area contributed by atoms with Gasteiger partial charge in [0.1, 0.15) is 0 Å². The molecule has 0 spiro atoms. The summed E-state index contributed by atoms with van der Waals surface area (Å²) in [5, 5.41) is 1.98. The third-order valence-corrected chi connectivity index (χ3v) is 4.85. The highest BCUT2D eigenvalue weighted by atomic mass is 32.1. The first-order valence-corrected chi connectivity index (χ1v) is 9.33. The lowest BCUT2D eigenvalue weighted by molar-refractivity contribution is 0.0528. The van der Waals surface area contributed by atoms with Gasteiger partial charge >= 0.3 is 11.7 Å². The van der Waals surface area contributed by atoms with Crippen molar-refractivity contribution in [2.45, 2.75) is 33.2 Å². The molecule has 0 bridgehead atoms. The fraction of sp³-hybridized carbons (Fsp3) is 0.333. The Morgan fingerprint density at radius 1 is 1.35 bits per heavy atom. The molecule has 1 N–H and O–H groups in total. The van der Waals surface area contributed by atoms with E-state index in [1.807, 2.05) is 24.4 Å². The van der Waals surface area contributed by atoms with Crippen LogP contribution in [0.25, 0.3) is 21.6 Å². The fourth-order valence-electron chi connectivity index (χ4n) is 2.72. The van der Waals surface area contributed by atoms with Crippen molar-refractivity contribution < 1.29 is 9.53 Å². The Balaban J connectivity index is 2.38. The molecular formula is C18H19N3O4S. The van der Waals surface area contributed by atoms with Crippen LogP contribution in [0.15, 0.2) is 33.2 Å². The monoisotopic (exact) mass is 373 g/mol. The summed E-state index contributed by atoms with van der Waals surface area (Å²) < 4.78 is 6.53. The number of esters is 1. The minimum Gasteiger partial charge on any atom is -0.462 e. The topological polar surface area (TPSA) is 94.1 Å². The van der Waals surface area contributed by atoms with Crippen molar-refractivity contribution in [1.29, 1.82) is 0 Å². The summed E-state index contributed by atoms with van der Waals surface area (Å²) in [6, 6.07) is 5.29. The predicted molar refractivity (Wildman–Crippen MR) is 101 cm³/mol. The van der Waals surface area contributed by atoms with Crippen molar-refractivity contribution in [2.24, 2.45) is 0 Å². The molecule has 3 aromatic heterocycles. The number of H-pyrrole nitrogens is 1. The number of unbranched alkanes of at least 4 members (excludes halogenated alkanes) is 1. The molecule has 0 aliphatic heterocycles. The maximum absolute atomic E-state index is 12.5. The number of aryl methyl sites for hydroxylation is 1. The molecule has 0 aromatic carbocycles. The van der Waals surface area contributed by atoms with Crippen molar-refractivity contribution in [3.05, 3.63) is 50.0 Å². The highest BCUT2D eigenvalue weighted by Crippen LogP contribution is 2.26. The molecule has 7 nitrogen and oxygen atoms in total. The van der Waals surface area contributed by atoms with E-state index in [2.05, 4.69) is 9.97 Å². The third kappa shape index (κ3) is 3.32. The van der Waals surface area contributed by atoms with Gasteiger partial charge in [-0.2, -0.15) is 0 Å². The summed E-state index contributed by atoms with van der Waals surface area (Å²) in [5.74, 6) is -0.608. The molecule has 3 rings (SSSR count). The van der Waals surface area contributed by atoms with Crippen molar-refractivity contribution in [3.8, 4) is 10.6 Å². The number of carbonyl (C=O) groups excluding carboxylic acids is 1. The first kappa shape index (κ1) is 18.1. The van der Waals surface area contributed by atoms with E-state index in [0.29, 0.717) is 12.2 Å². The SMILES string of the molecule is CCCCn1c(=O)[nH]c(=O)c2c(C(=O)OCC)cc(-c3cccs3)nc21. The van der Waals surface area contributed by atoms with Gasteiger partial charge in [0.2, 0.25) is 0 Å². The first-order valence-electron chi connectivity index (χ1n) is 8.45. The van der Waals surface area contributed by atoms with Crippen LogP contribution in [0, 0.1) is 0 Å². The highest BCUT2D eigenvalue weighted by Gasteiger charge is 2.21. The number of ether oxygens (including phenoxy) is 1. The lowest BCUT2D eigenvalue weighted by Gasteiger charge is -2.12. The van der Waals surface area contributed by atoms with Crippen LogP contribution in [0.2, 0.25) is 0 Å². The molecule has 8 heteroatoms. The maximum atomic E-state index is 12.5. The molecule has 0 fully saturated rings. The number of aromatic amines is 1. The number of hydrogen-bond donors (Lipinski definition) is 1. The third-order valence-electron chi connectivity index (χ3n) is 3.95. The summed E-state index contributed by atoms with van der Waals surface area (Å²) >= 11 is 1.46. The summed E-state index contributed by atoms with van der Waals surface area (Å²) in [6.45, 7) is 4.30. The van der Waals surface area contributed by atoms with Gasteiger partial charge in [-0.1, -0.05) is 19.4 Å². The van der Waals surface area contributed by atoms with Crippen LogP contribution in [-0.2, 0) is 11.3 Å². The summed E-state index contributed by atoms with van der Waals surface area (Å²) in [4.78, 5) is 44.9. The standard InChI is InChI=1S/C18H19N3O4S/c1-3-5-8-21-15-14(16(22)20-18(21)24)11(17(23)25-4-2)10-12(19-15)13-7-6-9-26-13/h6-7,9-10H,3-5,8H2,1-2H3,(H,20,22,24). The number of fused-ring (bicyclic) bond motifs is 1. The van der Waals surface area contributed by atoms with Crippen LogP contribution >= 0.6 is 11.3 Å². The van der Waals surface area contributed by atoms with Gasteiger partial charge in [-0.3, -0.25) is 14.3 Å². The molecule has 0 amide bonds. The smallest absolute Gasteiger partial charge is 0.339 e. The molecule has 0 saturated heterocycles. The van der Waals surface area contributed by atoms with Gasteiger partial charge in [-0.05, 0) is 30.9 Å². The molecular weight excluding hydrogens is 354 g/mol. The molecule has 0 saturated carbocycles. The van der Waals surface area contributed by atoms with Crippen LogP contribution in [0.4, 0.5) is 0 Å². The zero-order valence-corrected chi connectivity index (χ0v) is 15.4. The predicted octanol–water partition coefficient (Wildman–Crippen LogP) is 2.79. The first-order chi connectivity index (χ1) is 12.6. The van der Waals surface area contributed by atoms with Crippen molar-refractivity contribution in [2.75, 3.05) is 6.61 Å². The van der Waals surface area contributed by atoms with E-state index in [1.165, 1.54) is 15.9 Å². The second-order valence-corrected chi connectivity index (χ2v) is 6.66. The quantitative estimate of drug-likeness (QED) is 0.671. The number of nitrogens with one attached hydrogen (secondary N) is 1. The van der Waals surface area contributed by atoms with Crippen molar-refractivity contribution in [3.63, 3.8) is 0 Å². The Morgan fingerprint density at radius 3 is 2.81 bits per heavy atom. The van der Waals surface area contributed by atoms with Crippen LogP contribution in [0.3, 0.4) is 0 Å². The van der Waals surface area contributed by atoms with Gasteiger partial charge in [-0.15, -0.1) is 11.3 Å². The van der Waals surface area contributed by atoms with Crippen LogP contribution in [-0.4, -0.2) is 27.1 Å². The Kier molecular flexibility index (Phi) is 5.32. The number of pyridine rings is 1. The molecule has 0 unspecified atom stereocenters. The van der Waals surface area contributed by atoms with E-state index in [0.717, 1.165) is 17.7 Å². The maximum Gasteiger partial charge on any atom is 0.339 e. The van der Waals surface area contributed by atoms with Gasteiger partial charge < -0.3 is 4.74 Å². The molecule has 0 aliphatic rings. The van der Waals surface area contributed by atoms with E-state index in [9.17, 15) is 14.4 Å². The number of nitrogens with zero attached hydrogens (tertiary/aromatic N) is 2. The van der Waals surface area contributed by atoms with Gasteiger partial charge in [0, 0.05) is 6.54 Å². The molecule has 26 heavy (non-hydrogen) atoms. The van der Waals surface area contributed by atoms with Gasteiger partial charge in [0.05, 0.1) is 28.1 Å². The zero-order valence-electron chi connectivity index (χ0n) is 14.6. The number of rotatable bonds is 6. The van der Waals surface area contributed by atoms with E-state index in [4.69, 9.17) is 4.74 Å². The van der Waals surface area contributed by atoms with Gasteiger partial charge in [0.25, 0.3) is 5.56 Å². The number of carbonyl (C=O) groups is 1. The molecule has 136 valence electrons. The number of hydrogen-bond acceptors (Lipinski definition) is 6. The Morgan fingerprint density at radius 2 is 2.15 bits per heavy atom. The molecule has 3 aromatic rings. The average Bonchev–Trinajstić information content (AvgIpc) is 3.15.